The van der Waals surface area contributed by atoms with Crippen LogP contribution in [-0.4, -0.2) is 23.6 Å². The van der Waals surface area contributed by atoms with Crippen LogP contribution in [0.1, 0.15) is 24.8 Å². The molecule has 2 fully saturated rings. The number of hydrogen-bond acceptors (Lipinski definition) is 3. The maximum Gasteiger partial charge on any atom is 0.173 e. The van der Waals surface area contributed by atoms with Gasteiger partial charge in [-0.05, 0) is 37.3 Å². The average molecular weight is 266 g/mol. The number of halogens is 1. The standard InChI is InChI=1S/C13H16ClN3O/c14-10-2-1-3-11(12(10)13(15)16-18)17-7-8-4-5-9(17)6-8/h1-3,8-9,18H,4-7H2,(H2,15,16). The van der Waals surface area contributed by atoms with Gasteiger partial charge in [-0.1, -0.05) is 22.8 Å². The lowest BCUT2D eigenvalue weighted by atomic mass is 10.1. The summed E-state index contributed by atoms with van der Waals surface area (Å²) >= 11 is 6.18. The number of hydrogen-bond donors (Lipinski definition) is 2. The van der Waals surface area contributed by atoms with Gasteiger partial charge in [0.15, 0.2) is 5.84 Å². The second kappa shape index (κ2) is 4.35. The molecule has 5 heteroatoms. The third-order valence-electron chi connectivity index (χ3n) is 4.07. The van der Waals surface area contributed by atoms with Crippen LogP contribution in [0.3, 0.4) is 0 Å². The molecule has 3 rings (SSSR count). The van der Waals surface area contributed by atoms with Crippen LogP contribution >= 0.6 is 11.6 Å². The van der Waals surface area contributed by atoms with Crippen LogP contribution in [0.15, 0.2) is 23.4 Å². The molecule has 0 amide bonds. The van der Waals surface area contributed by atoms with Crippen LogP contribution in [0.25, 0.3) is 0 Å². The Hall–Kier alpha value is -1.42. The number of amidine groups is 1. The molecule has 3 N–H and O–H groups in total. The molecule has 0 radical (unpaired) electrons. The summed E-state index contributed by atoms with van der Waals surface area (Å²) in [6.07, 6.45) is 3.80. The van der Waals surface area contributed by atoms with E-state index in [4.69, 9.17) is 22.5 Å². The third kappa shape index (κ3) is 1.72. The molecule has 0 aromatic heterocycles. The normalized spacial score (nSPS) is 26.9. The van der Waals surface area contributed by atoms with Gasteiger partial charge in [0.05, 0.1) is 10.6 Å². The fourth-order valence-corrected chi connectivity index (χ4v) is 3.54. The van der Waals surface area contributed by atoms with Gasteiger partial charge in [0, 0.05) is 18.3 Å². The number of oxime groups is 1. The topological polar surface area (TPSA) is 61.9 Å². The Morgan fingerprint density at radius 2 is 2.28 bits per heavy atom. The SMILES string of the molecule is NC(=NO)c1c(Cl)cccc1N1CC2CCC1C2. The van der Waals surface area contributed by atoms with Crippen molar-refractivity contribution in [3.05, 3.63) is 28.8 Å². The molecule has 1 heterocycles. The third-order valence-corrected chi connectivity index (χ3v) is 4.39. The lowest BCUT2D eigenvalue weighted by Crippen LogP contribution is -2.34. The first-order valence-electron chi connectivity index (χ1n) is 6.23. The summed E-state index contributed by atoms with van der Waals surface area (Å²) in [6, 6.07) is 6.27. The number of piperidine rings is 1. The molecule has 1 aromatic carbocycles. The molecule has 2 aliphatic rings. The predicted molar refractivity (Wildman–Crippen MR) is 72.4 cm³/mol. The number of anilines is 1. The molecule has 1 aromatic rings. The van der Waals surface area contributed by atoms with Gasteiger partial charge >= 0.3 is 0 Å². The smallest absolute Gasteiger partial charge is 0.173 e. The largest absolute Gasteiger partial charge is 0.409 e. The van der Waals surface area contributed by atoms with Gasteiger partial charge in [0.1, 0.15) is 0 Å². The van der Waals surface area contributed by atoms with Crippen molar-refractivity contribution in [1.29, 1.82) is 0 Å². The van der Waals surface area contributed by atoms with E-state index in [1.807, 2.05) is 12.1 Å². The van der Waals surface area contributed by atoms with Crippen LogP contribution < -0.4 is 10.6 Å². The van der Waals surface area contributed by atoms with E-state index in [1.54, 1.807) is 6.07 Å². The van der Waals surface area contributed by atoms with Crippen LogP contribution in [-0.2, 0) is 0 Å². The first-order chi connectivity index (χ1) is 8.70. The van der Waals surface area contributed by atoms with Gasteiger partial charge in [-0.25, -0.2) is 0 Å². The summed E-state index contributed by atoms with van der Waals surface area (Å²) in [5.41, 5.74) is 7.39. The molecule has 96 valence electrons. The van der Waals surface area contributed by atoms with E-state index in [-0.39, 0.29) is 5.84 Å². The molecule has 1 aliphatic heterocycles. The Labute approximate surface area is 111 Å². The Bertz CT molecular complexity index is 503. The first-order valence-corrected chi connectivity index (χ1v) is 6.61. The maximum atomic E-state index is 8.90. The van der Waals surface area contributed by atoms with Crippen molar-refractivity contribution in [3.8, 4) is 0 Å². The molecule has 18 heavy (non-hydrogen) atoms. The van der Waals surface area contributed by atoms with E-state index in [9.17, 15) is 0 Å². The number of nitrogens with two attached hydrogens (primary N) is 1. The number of benzene rings is 1. The molecule has 0 spiro atoms. The van der Waals surface area contributed by atoms with Crippen molar-refractivity contribution in [2.75, 3.05) is 11.4 Å². The van der Waals surface area contributed by atoms with E-state index in [2.05, 4.69) is 10.1 Å². The van der Waals surface area contributed by atoms with Gasteiger partial charge in [0.25, 0.3) is 0 Å². The number of nitrogens with zero attached hydrogens (tertiary/aromatic N) is 2. The molecular formula is C13H16ClN3O. The second-order valence-electron chi connectivity index (χ2n) is 5.10. The molecule has 2 bridgehead atoms. The van der Waals surface area contributed by atoms with Gasteiger partial charge in [-0.15, -0.1) is 0 Å². The van der Waals surface area contributed by atoms with Crippen LogP contribution in [0.2, 0.25) is 5.02 Å². The molecule has 1 saturated carbocycles. The Morgan fingerprint density at radius 1 is 1.44 bits per heavy atom. The molecular weight excluding hydrogens is 250 g/mol. The highest BCUT2D eigenvalue weighted by molar-refractivity contribution is 6.34. The zero-order valence-electron chi connectivity index (χ0n) is 10.0. The van der Waals surface area contributed by atoms with Crippen molar-refractivity contribution >= 4 is 23.1 Å². The van der Waals surface area contributed by atoms with Gasteiger partial charge in [-0.3, -0.25) is 0 Å². The Kier molecular flexibility index (Phi) is 2.82. The van der Waals surface area contributed by atoms with Crippen molar-refractivity contribution in [1.82, 2.24) is 0 Å². The molecule has 1 aliphatic carbocycles. The zero-order chi connectivity index (χ0) is 12.7. The van der Waals surface area contributed by atoms with Gasteiger partial charge < -0.3 is 15.8 Å². The quantitative estimate of drug-likeness (QED) is 0.374. The summed E-state index contributed by atoms with van der Waals surface area (Å²) in [7, 11) is 0. The van der Waals surface area contributed by atoms with Crippen molar-refractivity contribution in [2.24, 2.45) is 16.8 Å². The van der Waals surface area contributed by atoms with E-state index in [1.165, 1.54) is 19.3 Å². The summed E-state index contributed by atoms with van der Waals surface area (Å²) in [5.74, 6) is 0.868. The number of fused-ring (bicyclic) bond motifs is 2. The summed E-state index contributed by atoms with van der Waals surface area (Å²) in [5, 5.41) is 12.5. The first kappa shape index (κ1) is 11.7. The van der Waals surface area contributed by atoms with E-state index in [0.717, 1.165) is 18.2 Å². The minimum absolute atomic E-state index is 0.0818. The molecule has 4 nitrogen and oxygen atoms in total. The van der Waals surface area contributed by atoms with E-state index < -0.39 is 0 Å². The minimum Gasteiger partial charge on any atom is -0.409 e. The average Bonchev–Trinajstić information content (AvgIpc) is 2.99. The minimum atomic E-state index is 0.0818. The fraction of sp³-hybridized carbons (Fsp3) is 0.462. The maximum absolute atomic E-state index is 8.90. The number of rotatable bonds is 2. The summed E-state index contributed by atoms with van der Waals surface area (Å²) in [4.78, 5) is 2.35. The predicted octanol–water partition coefficient (Wildman–Crippen LogP) is 2.42. The van der Waals surface area contributed by atoms with Crippen LogP contribution in [0, 0.1) is 5.92 Å². The van der Waals surface area contributed by atoms with Crippen molar-refractivity contribution in [3.63, 3.8) is 0 Å². The Morgan fingerprint density at radius 3 is 2.89 bits per heavy atom. The van der Waals surface area contributed by atoms with Gasteiger partial charge in [-0.2, -0.15) is 0 Å². The molecule has 2 unspecified atom stereocenters. The summed E-state index contributed by atoms with van der Waals surface area (Å²) in [6.45, 7) is 1.05. The lowest BCUT2D eigenvalue weighted by Gasteiger charge is -2.31. The highest BCUT2D eigenvalue weighted by atomic mass is 35.5. The highest BCUT2D eigenvalue weighted by Gasteiger charge is 2.38. The van der Waals surface area contributed by atoms with Crippen LogP contribution in [0.4, 0.5) is 5.69 Å². The molecule has 1 saturated heterocycles. The van der Waals surface area contributed by atoms with E-state index >= 15 is 0 Å². The highest BCUT2D eigenvalue weighted by Crippen LogP contribution is 2.42. The second-order valence-corrected chi connectivity index (χ2v) is 5.51. The monoisotopic (exact) mass is 265 g/mol. The zero-order valence-corrected chi connectivity index (χ0v) is 10.8. The van der Waals surface area contributed by atoms with Crippen LogP contribution in [0.5, 0.6) is 0 Å². The fourth-order valence-electron chi connectivity index (χ4n) is 3.28. The van der Waals surface area contributed by atoms with E-state index in [0.29, 0.717) is 16.6 Å². The molecule has 2 atom stereocenters. The van der Waals surface area contributed by atoms with Gasteiger partial charge in [0.2, 0.25) is 0 Å². The van der Waals surface area contributed by atoms with Crippen molar-refractivity contribution in [2.45, 2.75) is 25.3 Å². The Balaban J connectivity index is 2.04. The summed E-state index contributed by atoms with van der Waals surface area (Å²) < 4.78 is 0. The lowest BCUT2D eigenvalue weighted by molar-refractivity contribution is 0.318. The van der Waals surface area contributed by atoms with Crippen molar-refractivity contribution < 1.29 is 5.21 Å².